The largest absolute Gasteiger partial charge is 0.312 e. The van der Waals surface area contributed by atoms with Crippen LogP contribution in [0.25, 0.3) is 0 Å². The number of nitrogens with zero attached hydrogens (tertiary/aromatic N) is 2. The van der Waals surface area contributed by atoms with Crippen molar-refractivity contribution in [2.24, 2.45) is 11.8 Å². The quantitative estimate of drug-likeness (QED) is 0.743. The summed E-state index contributed by atoms with van der Waals surface area (Å²) in [6, 6.07) is 0.717. The fourth-order valence-corrected chi connectivity index (χ4v) is 4.27. The molecule has 1 saturated carbocycles. The van der Waals surface area contributed by atoms with Gasteiger partial charge in [-0.3, -0.25) is 0 Å². The van der Waals surface area contributed by atoms with Crippen LogP contribution in [0, 0.1) is 11.8 Å². The van der Waals surface area contributed by atoms with E-state index in [4.69, 9.17) is 0 Å². The first kappa shape index (κ1) is 17.2. The molecule has 0 amide bonds. The van der Waals surface area contributed by atoms with Gasteiger partial charge in [-0.2, -0.15) is 0 Å². The Morgan fingerprint density at radius 1 is 1.19 bits per heavy atom. The Labute approximate surface area is 132 Å². The SMILES string of the molecule is CCCNC(CN(C)CC1CCN(C)C1)C1CCCCC1. The molecule has 0 bridgehead atoms. The van der Waals surface area contributed by atoms with Crippen molar-refractivity contribution < 1.29 is 0 Å². The molecule has 1 saturated heterocycles. The van der Waals surface area contributed by atoms with Gasteiger partial charge < -0.3 is 15.1 Å². The van der Waals surface area contributed by atoms with Crippen LogP contribution in [0.15, 0.2) is 0 Å². The molecule has 1 heterocycles. The molecule has 0 spiro atoms. The molecule has 2 unspecified atom stereocenters. The fraction of sp³-hybridized carbons (Fsp3) is 1.00. The van der Waals surface area contributed by atoms with Crippen molar-refractivity contribution in [1.29, 1.82) is 0 Å². The molecule has 2 fully saturated rings. The zero-order valence-corrected chi connectivity index (χ0v) is 14.6. The van der Waals surface area contributed by atoms with Gasteiger partial charge in [0.1, 0.15) is 0 Å². The third kappa shape index (κ3) is 5.88. The lowest BCUT2D eigenvalue weighted by molar-refractivity contribution is 0.189. The van der Waals surface area contributed by atoms with E-state index in [1.165, 1.54) is 77.7 Å². The predicted octanol–water partition coefficient (Wildman–Crippen LogP) is 2.82. The van der Waals surface area contributed by atoms with Crippen LogP contribution >= 0.6 is 0 Å². The second-order valence-electron chi connectivity index (χ2n) is 7.60. The number of hydrogen-bond acceptors (Lipinski definition) is 3. The molecule has 124 valence electrons. The van der Waals surface area contributed by atoms with Crippen molar-refractivity contribution in [2.45, 2.75) is 57.9 Å². The lowest BCUT2D eigenvalue weighted by Gasteiger charge is -2.34. The molecule has 0 aromatic heterocycles. The molecule has 2 atom stereocenters. The summed E-state index contributed by atoms with van der Waals surface area (Å²) in [5.41, 5.74) is 0. The van der Waals surface area contributed by atoms with Gasteiger partial charge in [0.05, 0.1) is 0 Å². The Morgan fingerprint density at radius 3 is 2.57 bits per heavy atom. The minimum Gasteiger partial charge on any atom is -0.312 e. The molecule has 1 aliphatic heterocycles. The molecule has 3 heteroatoms. The molecule has 2 aliphatic rings. The average molecular weight is 296 g/mol. The zero-order chi connectivity index (χ0) is 15.1. The van der Waals surface area contributed by atoms with E-state index in [-0.39, 0.29) is 0 Å². The van der Waals surface area contributed by atoms with Crippen LogP contribution in [0.3, 0.4) is 0 Å². The Morgan fingerprint density at radius 2 is 1.95 bits per heavy atom. The molecule has 0 radical (unpaired) electrons. The first-order valence-corrected chi connectivity index (χ1v) is 9.29. The number of likely N-dealkylation sites (tertiary alicyclic amines) is 1. The molecular weight excluding hydrogens is 258 g/mol. The van der Waals surface area contributed by atoms with Gasteiger partial charge in [-0.05, 0) is 64.7 Å². The van der Waals surface area contributed by atoms with Crippen molar-refractivity contribution in [1.82, 2.24) is 15.1 Å². The van der Waals surface area contributed by atoms with Crippen LogP contribution < -0.4 is 5.32 Å². The lowest BCUT2D eigenvalue weighted by atomic mass is 9.83. The summed E-state index contributed by atoms with van der Waals surface area (Å²) in [6.07, 6.45) is 9.89. The monoisotopic (exact) mass is 295 g/mol. The number of likely N-dealkylation sites (N-methyl/N-ethyl adjacent to an activating group) is 1. The third-order valence-electron chi connectivity index (χ3n) is 5.44. The Balaban J connectivity index is 1.78. The van der Waals surface area contributed by atoms with E-state index in [1.54, 1.807) is 0 Å². The normalized spacial score (nSPS) is 26.6. The summed E-state index contributed by atoms with van der Waals surface area (Å²) in [5, 5.41) is 3.85. The maximum Gasteiger partial charge on any atom is 0.0223 e. The summed E-state index contributed by atoms with van der Waals surface area (Å²) >= 11 is 0. The summed E-state index contributed by atoms with van der Waals surface area (Å²) in [7, 11) is 4.59. The van der Waals surface area contributed by atoms with Gasteiger partial charge in [-0.25, -0.2) is 0 Å². The molecule has 0 aromatic rings. The molecule has 1 N–H and O–H groups in total. The van der Waals surface area contributed by atoms with E-state index >= 15 is 0 Å². The minimum absolute atomic E-state index is 0.717. The molecule has 1 aliphatic carbocycles. The van der Waals surface area contributed by atoms with Crippen molar-refractivity contribution in [2.75, 3.05) is 46.8 Å². The smallest absolute Gasteiger partial charge is 0.0223 e. The van der Waals surface area contributed by atoms with E-state index in [9.17, 15) is 0 Å². The fourth-order valence-electron chi connectivity index (χ4n) is 4.27. The summed E-state index contributed by atoms with van der Waals surface area (Å²) < 4.78 is 0. The number of rotatable bonds is 8. The Bertz CT molecular complexity index is 276. The van der Waals surface area contributed by atoms with Crippen molar-refractivity contribution >= 4 is 0 Å². The first-order chi connectivity index (χ1) is 10.2. The molecule has 3 nitrogen and oxygen atoms in total. The zero-order valence-electron chi connectivity index (χ0n) is 14.6. The van der Waals surface area contributed by atoms with Crippen molar-refractivity contribution in [3.63, 3.8) is 0 Å². The molecular formula is C18H37N3. The van der Waals surface area contributed by atoms with E-state index < -0.39 is 0 Å². The number of nitrogens with one attached hydrogen (secondary N) is 1. The third-order valence-corrected chi connectivity index (χ3v) is 5.44. The van der Waals surface area contributed by atoms with Crippen LogP contribution in [-0.4, -0.2) is 62.7 Å². The molecule has 0 aromatic carbocycles. The van der Waals surface area contributed by atoms with E-state index in [0.717, 1.165) is 17.9 Å². The van der Waals surface area contributed by atoms with Gasteiger partial charge in [0, 0.05) is 25.7 Å². The topological polar surface area (TPSA) is 18.5 Å². The predicted molar refractivity (Wildman–Crippen MR) is 91.8 cm³/mol. The minimum atomic E-state index is 0.717. The van der Waals surface area contributed by atoms with Crippen LogP contribution in [0.2, 0.25) is 0 Å². The molecule has 21 heavy (non-hydrogen) atoms. The molecule has 2 rings (SSSR count). The van der Waals surface area contributed by atoms with Crippen LogP contribution in [-0.2, 0) is 0 Å². The van der Waals surface area contributed by atoms with E-state index in [0.29, 0.717) is 0 Å². The van der Waals surface area contributed by atoms with Gasteiger partial charge in [0.25, 0.3) is 0 Å². The van der Waals surface area contributed by atoms with Gasteiger partial charge in [-0.1, -0.05) is 26.2 Å². The Kier molecular flexibility index (Phi) is 7.48. The summed E-state index contributed by atoms with van der Waals surface area (Å²) in [4.78, 5) is 5.08. The maximum atomic E-state index is 3.85. The average Bonchev–Trinajstić information content (AvgIpc) is 2.89. The Hall–Kier alpha value is -0.120. The van der Waals surface area contributed by atoms with Gasteiger partial charge in [-0.15, -0.1) is 0 Å². The summed E-state index contributed by atoms with van der Waals surface area (Å²) in [5.74, 6) is 1.80. The first-order valence-electron chi connectivity index (χ1n) is 9.29. The second kappa shape index (κ2) is 9.12. The lowest BCUT2D eigenvalue weighted by Crippen LogP contribution is -2.46. The highest BCUT2D eigenvalue weighted by atomic mass is 15.2. The summed E-state index contributed by atoms with van der Waals surface area (Å²) in [6.45, 7) is 8.57. The van der Waals surface area contributed by atoms with Gasteiger partial charge >= 0.3 is 0 Å². The van der Waals surface area contributed by atoms with Gasteiger partial charge in [0.15, 0.2) is 0 Å². The highest BCUT2D eigenvalue weighted by Gasteiger charge is 2.26. The van der Waals surface area contributed by atoms with Gasteiger partial charge in [0.2, 0.25) is 0 Å². The van der Waals surface area contributed by atoms with Crippen LogP contribution in [0.1, 0.15) is 51.9 Å². The second-order valence-corrected chi connectivity index (χ2v) is 7.60. The highest BCUT2D eigenvalue weighted by molar-refractivity contribution is 4.83. The van der Waals surface area contributed by atoms with Crippen LogP contribution in [0.5, 0.6) is 0 Å². The van der Waals surface area contributed by atoms with E-state index in [2.05, 4.69) is 36.1 Å². The van der Waals surface area contributed by atoms with Crippen LogP contribution in [0.4, 0.5) is 0 Å². The van der Waals surface area contributed by atoms with E-state index in [1.807, 2.05) is 0 Å². The van der Waals surface area contributed by atoms with Crippen molar-refractivity contribution in [3.05, 3.63) is 0 Å². The van der Waals surface area contributed by atoms with Crippen molar-refractivity contribution in [3.8, 4) is 0 Å². The highest BCUT2D eigenvalue weighted by Crippen LogP contribution is 2.27. The standard InChI is InChI=1S/C18H37N3/c1-4-11-19-18(17-8-6-5-7-9-17)15-21(3)14-16-10-12-20(2)13-16/h16-19H,4-15H2,1-3H3. The number of hydrogen-bond donors (Lipinski definition) is 1. The maximum absolute atomic E-state index is 3.85.